The molecule has 100 valence electrons. The summed E-state index contributed by atoms with van der Waals surface area (Å²) in [6, 6.07) is 0. The lowest BCUT2D eigenvalue weighted by Gasteiger charge is -2.27. The van der Waals surface area contributed by atoms with Crippen LogP contribution in [-0.2, 0) is 23.9 Å². The quantitative estimate of drug-likeness (QED) is 0.418. The molecule has 0 N–H and O–H groups in total. The zero-order valence-corrected chi connectivity index (χ0v) is 10.6. The van der Waals surface area contributed by atoms with Crippen molar-refractivity contribution in [3.63, 3.8) is 0 Å². The van der Waals surface area contributed by atoms with Gasteiger partial charge in [0.2, 0.25) is 0 Å². The van der Waals surface area contributed by atoms with Gasteiger partial charge in [0, 0.05) is 31.6 Å². The lowest BCUT2D eigenvalue weighted by Crippen LogP contribution is -2.28. The van der Waals surface area contributed by atoms with Crippen molar-refractivity contribution >= 4 is 18.2 Å². The Hall–Kier alpha value is -1.65. The van der Waals surface area contributed by atoms with E-state index in [2.05, 4.69) is 0 Å². The zero-order valence-electron chi connectivity index (χ0n) is 10.6. The van der Waals surface area contributed by atoms with Crippen molar-refractivity contribution in [2.75, 3.05) is 13.2 Å². The molecule has 0 aromatic carbocycles. The van der Waals surface area contributed by atoms with Gasteiger partial charge in [-0.05, 0) is 6.42 Å². The summed E-state index contributed by atoms with van der Waals surface area (Å²) in [5.41, 5.74) is 0. The van der Waals surface area contributed by atoms with Crippen LogP contribution in [0.3, 0.4) is 0 Å². The molecule has 1 aliphatic carbocycles. The van der Waals surface area contributed by atoms with Gasteiger partial charge in [0.15, 0.2) is 0 Å². The molecule has 0 fully saturated rings. The molecule has 0 bridgehead atoms. The first kappa shape index (κ1) is 14.4. The fourth-order valence-electron chi connectivity index (χ4n) is 1.94. The summed E-state index contributed by atoms with van der Waals surface area (Å²) in [6.45, 7) is 3.20. The van der Waals surface area contributed by atoms with Crippen molar-refractivity contribution in [2.45, 2.75) is 20.3 Å². The van der Waals surface area contributed by atoms with E-state index in [0.29, 0.717) is 6.42 Å². The van der Waals surface area contributed by atoms with Crippen molar-refractivity contribution in [3.8, 4) is 0 Å². The number of hydrogen-bond acceptors (Lipinski definition) is 5. The fourth-order valence-corrected chi connectivity index (χ4v) is 1.94. The first-order chi connectivity index (χ1) is 8.52. The predicted molar refractivity (Wildman–Crippen MR) is 63.6 cm³/mol. The molecule has 0 spiro atoms. The van der Waals surface area contributed by atoms with Crippen LogP contribution in [0.15, 0.2) is 12.2 Å². The number of esters is 2. The van der Waals surface area contributed by atoms with Gasteiger partial charge in [-0.15, -0.1) is 0 Å². The van der Waals surface area contributed by atoms with E-state index in [1.807, 2.05) is 12.2 Å². The molecule has 5 nitrogen and oxygen atoms in total. The van der Waals surface area contributed by atoms with Crippen molar-refractivity contribution in [1.82, 2.24) is 0 Å². The molecule has 0 saturated carbocycles. The second-order valence-electron chi connectivity index (χ2n) is 4.45. The number of carbonyl (C=O) groups is 3. The molecule has 1 aliphatic rings. The van der Waals surface area contributed by atoms with Crippen molar-refractivity contribution in [1.29, 1.82) is 0 Å². The van der Waals surface area contributed by atoms with Crippen molar-refractivity contribution < 1.29 is 23.9 Å². The number of carbonyl (C=O) groups excluding carboxylic acids is 3. The van der Waals surface area contributed by atoms with E-state index >= 15 is 0 Å². The predicted octanol–water partition coefficient (Wildman–Crippen LogP) is 1.12. The molecule has 1 rings (SSSR count). The molecule has 0 aliphatic heterocycles. The molecule has 0 aromatic heterocycles. The van der Waals surface area contributed by atoms with Crippen LogP contribution in [0, 0.1) is 17.8 Å². The summed E-state index contributed by atoms with van der Waals surface area (Å²) in [5, 5.41) is 0. The Bertz CT molecular complexity index is 347. The van der Waals surface area contributed by atoms with Gasteiger partial charge in [0.05, 0.1) is 13.2 Å². The minimum absolute atomic E-state index is 0.0534. The second kappa shape index (κ2) is 6.93. The molecule has 0 amide bonds. The monoisotopic (exact) mass is 254 g/mol. The summed E-state index contributed by atoms with van der Waals surface area (Å²) in [7, 11) is 0. The van der Waals surface area contributed by atoms with Crippen LogP contribution >= 0.6 is 0 Å². The Morgan fingerprint density at radius 3 is 2.33 bits per heavy atom. The summed E-state index contributed by atoms with van der Waals surface area (Å²) in [6.07, 6.45) is 5.26. The smallest absolute Gasteiger partial charge is 0.302 e. The summed E-state index contributed by atoms with van der Waals surface area (Å²) >= 11 is 0. The number of rotatable bonds is 5. The molecule has 5 heteroatoms. The highest BCUT2D eigenvalue weighted by atomic mass is 16.5. The first-order valence-electron chi connectivity index (χ1n) is 5.93. The minimum atomic E-state index is -0.352. The third kappa shape index (κ3) is 4.69. The zero-order chi connectivity index (χ0) is 13.5. The number of hydrogen-bond donors (Lipinski definition) is 0. The Labute approximate surface area is 106 Å². The van der Waals surface area contributed by atoms with Gasteiger partial charge >= 0.3 is 11.9 Å². The van der Waals surface area contributed by atoms with Crippen LogP contribution in [0.1, 0.15) is 20.3 Å². The van der Waals surface area contributed by atoms with E-state index in [0.717, 1.165) is 6.29 Å². The highest BCUT2D eigenvalue weighted by Gasteiger charge is 2.27. The van der Waals surface area contributed by atoms with Gasteiger partial charge in [-0.25, -0.2) is 0 Å². The third-order valence-electron chi connectivity index (χ3n) is 2.91. The van der Waals surface area contributed by atoms with E-state index in [1.165, 1.54) is 13.8 Å². The lowest BCUT2D eigenvalue weighted by atomic mass is 9.80. The van der Waals surface area contributed by atoms with Gasteiger partial charge in [-0.3, -0.25) is 9.59 Å². The highest BCUT2D eigenvalue weighted by molar-refractivity contribution is 5.66. The summed E-state index contributed by atoms with van der Waals surface area (Å²) in [5.74, 6) is -0.907. The van der Waals surface area contributed by atoms with Crippen LogP contribution in [0.4, 0.5) is 0 Å². The van der Waals surface area contributed by atoms with Gasteiger partial charge < -0.3 is 14.3 Å². The SMILES string of the molecule is CC(=O)OC[C@@H]1C=C[C@H](COC(C)=O)[C@H](C=O)C1. The number of aldehydes is 1. The van der Waals surface area contributed by atoms with E-state index < -0.39 is 0 Å². The second-order valence-corrected chi connectivity index (χ2v) is 4.45. The van der Waals surface area contributed by atoms with E-state index in [4.69, 9.17) is 9.47 Å². The fraction of sp³-hybridized carbons (Fsp3) is 0.615. The molecule has 3 atom stereocenters. The average molecular weight is 254 g/mol. The lowest BCUT2D eigenvalue weighted by molar-refractivity contribution is -0.144. The molecule has 0 unspecified atom stereocenters. The molecular weight excluding hydrogens is 236 g/mol. The van der Waals surface area contributed by atoms with E-state index in [-0.39, 0.29) is 42.9 Å². The van der Waals surface area contributed by atoms with Crippen LogP contribution in [0.5, 0.6) is 0 Å². The Balaban J connectivity index is 2.51. The molecule has 0 saturated heterocycles. The van der Waals surface area contributed by atoms with Crippen LogP contribution < -0.4 is 0 Å². The molecule has 0 radical (unpaired) electrons. The van der Waals surface area contributed by atoms with Crippen molar-refractivity contribution in [3.05, 3.63) is 12.2 Å². The van der Waals surface area contributed by atoms with Gasteiger partial charge in [0.25, 0.3) is 0 Å². The van der Waals surface area contributed by atoms with Crippen LogP contribution in [0.2, 0.25) is 0 Å². The van der Waals surface area contributed by atoms with Crippen LogP contribution in [0.25, 0.3) is 0 Å². The molecule has 18 heavy (non-hydrogen) atoms. The summed E-state index contributed by atoms with van der Waals surface area (Å²) < 4.78 is 9.83. The topological polar surface area (TPSA) is 69.7 Å². The van der Waals surface area contributed by atoms with E-state index in [9.17, 15) is 14.4 Å². The standard InChI is InChI=1S/C13H18O5/c1-9(15)17-7-11-3-4-12(8-18-10(2)16)13(5-11)6-14/h3-4,6,11-13H,5,7-8H2,1-2H3/t11-,12-,13+/m1/s1. The maximum Gasteiger partial charge on any atom is 0.302 e. The molecular formula is C13H18O5. The summed E-state index contributed by atoms with van der Waals surface area (Å²) in [4.78, 5) is 32.5. The van der Waals surface area contributed by atoms with E-state index in [1.54, 1.807) is 0 Å². The molecule has 0 aromatic rings. The minimum Gasteiger partial charge on any atom is -0.465 e. The molecule has 0 heterocycles. The Morgan fingerprint density at radius 1 is 1.17 bits per heavy atom. The Morgan fingerprint density at radius 2 is 1.78 bits per heavy atom. The largest absolute Gasteiger partial charge is 0.465 e. The maximum absolute atomic E-state index is 11.0. The normalized spacial score (nSPS) is 26.4. The Kier molecular flexibility index (Phi) is 5.55. The van der Waals surface area contributed by atoms with Crippen LogP contribution in [-0.4, -0.2) is 31.4 Å². The number of ether oxygens (including phenoxy) is 2. The first-order valence-corrected chi connectivity index (χ1v) is 5.93. The van der Waals surface area contributed by atoms with Gasteiger partial charge in [-0.1, -0.05) is 12.2 Å². The highest BCUT2D eigenvalue weighted by Crippen LogP contribution is 2.27. The van der Waals surface area contributed by atoms with Crippen molar-refractivity contribution in [2.24, 2.45) is 17.8 Å². The third-order valence-corrected chi connectivity index (χ3v) is 2.91. The van der Waals surface area contributed by atoms with Gasteiger partial charge in [0.1, 0.15) is 6.29 Å². The average Bonchev–Trinajstić information content (AvgIpc) is 2.34. The van der Waals surface area contributed by atoms with Gasteiger partial charge in [-0.2, -0.15) is 0 Å². The maximum atomic E-state index is 11.0.